The van der Waals surface area contributed by atoms with Crippen LogP contribution in [0.4, 0.5) is 0 Å². The molecule has 17 heavy (non-hydrogen) atoms. The summed E-state index contributed by atoms with van der Waals surface area (Å²) >= 11 is 0. The molecule has 0 radical (unpaired) electrons. The summed E-state index contributed by atoms with van der Waals surface area (Å²) in [4.78, 5) is 0. The van der Waals surface area contributed by atoms with Crippen LogP contribution in [0.1, 0.15) is 20.8 Å². The Hall–Kier alpha value is 0.0869. The molecule has 0 saturated carbocycles. The molecule has 0 aliphatic carbocycles. The molecule has 0 heterocycles. The van der Waals surface area contributed by atoms with Gasteiger partial charge in [-0.25, -0.2) is 0 Å². The van der Waals surface area contributed by atoms with Gasteiger partial charge in [0.25, 0.3) is 0 Å². The van der Waals surface area contributed by atoms with Gasteiger partial charge in [-0.3, -0.25) is 0 Å². The number of hydrogen-bond donors (Lipinski definition) is 0. The fourth-order valence-electron chi connectivity index (χ4n) is 0.553. The molecule has 0 saturated heterocycles. The first-order valence-corrected chi connectivity index (χ1v) is 7.12. The molecule has 0 fully saturated rings. The zero-order chi connectivity index (χ0) is 13.0. The molecule has 0 atom stereocenters. The molecule has 0 bridgehead atoms. The molecular weight excluding hydrogens is 258 g/mol. The maximum atomic E-state index is 5.22. The van der Waals surface area contributed by atoms with Gasteiger partial charge in [0.15, 0.2) is 0 Å². The summed E-state index contributed by atoms with van der Waals surface area (Å²) in [5, 5.41) is 0. The molecule has 0 spiro atoms. The first kappa shape index (κ1) is 22.3. The van der Waals surface area contributed by atoms with Crippen molar-refractivity contribution in [3.05, 3.63) is 12.8 Å². The van der Waals surface area contributed by atoms with Gasteiger partial charge in [0, 0.05) is 19.8 Å². The van der Waals surface area contributed by atoms with Gasteiger partial charge in [0.2, 0.25) is 0 Å². The summed E-state index contributed by atoms with van der Waals surface area (Å²) in [6.45, 7) is 11.5. The van der Waals surface area contributed by atoms with Gasteiger partial charge in [0.1, 0.15) is 0 Å². The Morgan fingerprint density at radius 1 is 0.941 bits per heavy atom. The third kappa shape index (κ3) is 21.9. The zero-order valence-electron chi connectivity index (χ0n) is 12.0. The molecule has 6 heteroatoms. The van der Waals surface area contributed by atoms with Crippen molar-refractivity contribution in [2.75, 3.05) is 41.0 Å². The Kier molecular flexibility index (Phi) is 18.5. The van der Waals surface area contributed by atoms with Crippen molar-refractivity contribution >= 4 is 9.53 Å². The van der Waals surface area contributed by atoms with E-state index in [-0.39, 0.29) is 12.4 Å². The molecule has 106 valence electrons. The van der Waals surface area contributed by atoms with E-state index >= 15 is 0 Å². The van der Waals surface area contributed by atoms with Crippen molar-refractivity contribution in [1.82, 2.24) is 0 Å². The van der Waals surface area contributed by atoms with Gasteiger partial charge in [-0.2, -0.15) is 0 Å². The van der Waals surface area contributed by atoms with Crippen molar-refractivity contribution in [1.29, 1.82) is 0 Å². The van der Waals surface area contributed by atoms with E-state index in [2.05, 4.69) is 27.7 Å². The van der Waals surface area contributed by atoms with E-state index < -0.39 is 9.53 Å². The first-order valence-electron chi connectivity index (χ1n) is 5.70. The van der Waals surface area contributed by atoms with Crippen LogP contribution in [0.5, 0.6) is 0 Å². The summed E-state index contributed by atoms with van der Waals surface area (Å²) < 4.78 is 16.5. The van der Waals surface area contributed by atoms with Crippen LogP contribution in [0.25, 0.3) is 0 Å². The molecular formula is C11H28ClNO3Si. The zero-order valence-corrected chi connectivity index (χ0v) is 13.9. The summed E-state index contributed by atoms with van der Waals surface area (Å²) in [5.41, 5.74) is 0. The van der Waals surface area contributed by atoms with Crippen LogP contribution in [-0.2, 0) is 13.3 Å². The van der Waals surface area contributed by atoms with Crippen molar-refractivity contribution in [3.8, 4) is 0 Å². The largest absolute Gasteiger partial charge is 1.00 e. The number of nitrogens with zero attached hydrogens (tertiary/aromatic N) is 1. The molecule has 0 aliphatic rings. The maximum absolute atomic E-state index is 5.22. The van der Waals surface area contributed by atoms with Crippen LogP contribution in [0, 0.1) is 0 Å². The second-order valence-electron chi connectivity index (χ2n) is 3.95. The lowest BCUT2D eigenvalue weighted by Crippen LogP contribution is -3.00. The minimum Gasteiger partial charge on any atom is -1.00 e. The second-order valence-corrected chi connectivity index (χ2v) is 5.53. The third-order valence-electron chi connectivity index (χ3n) is 1.46. The lowest BCUT2D eigenvalue weighted by molar-refractivity contribution is -0.816. The minimum atomic E-state index is -1.73. The van der Waals surface area contributed by atoms with Gasteiger partial charge in [-0.05, 0) is 27.4 Å². The molecule has 0 aromatic heterocycles. The lowest BCUT2D eigenvalue weighted by atomic mass is 10.7. The number of quaternary nitrogens is 1. The van der Waals surface area contributed by atoms with Gasteiger partial charge < -0.3 is 30.2 Å². The Balaban J connectivity index is -0.000000244. The SMILES string of the molecule is C=C[N+](C)(C)C.CCO[SiH](OCC)OCC.[Cl-]. The highest BCUT2D eigenvalue weighted by Crippen LogP contribution is 1.91. The molecule has 0 unspecified atom stereocenters. The highest BCUT2D eigenvalue weighted by molar-refractivity contribution is 6.36. The molecule has 0 aromatic carbocycles. The Bertz CT molecular complexity index is 151. The van der Waals surface area contributed by atoms with Crippen molar-refractivity contribution in [2.24, 2.45) is 0 Å². The van der Waals surface area contributed by atoms with Crippen molar-refractivity contribution in [3.63, 3.8) is 0 Å². The summed E-state index contributed by atoms with van der Waals surface area (Å²) in [6.07, 6.45) is 1.88. The lowest BCUT2D eigenvalue weighted by Gasteiger charge is -2.15. The predicted octanol–water partition coefficient (Wildman–Crippen LogP) is -1.35. The van der Waals surface area contributed by atoms with E-state index in [1.165, 1.54) is 0 Å². The van der Waals surface area contributed by atoms with E-state index in [1.807, 2.05) is 27.0 Å². The van der Waals surface area contributed by atoms with Gasteiger partial charge in [-0.1, -0.05) is 0 Å². The Labute approximate surface area is 115 Å². The average Bonchev–Trinajstić information content (AvgIpc) is 2.19. The molecule has 0 rings (SSSR count). The fraction of sp³-hybridized carbons (Fsp3) is 0.818. The second kappa shape index (κ2) is 14.1. The van der Waals surface area contributed by atoms with Crippen LogP contribution >= 0.6 is 0 Å². The average molecular weight is 286 g/mol. The van der Waals surface area contributed by atoms with Crippen LogP contribution in [-0.4, -0.2) is 55.0 Å². The quantitative estimate of drug-likeness (QED) is 0.428. The van der Waals surface area contributed by atoms with Gasteiger partial charge in [-0.15, -0.1) is 0 Å². The van der Waals surface area contributed by atoms with Crippen LogP contribution < -0.4 is 12.4 Å². The molecule has 0 aliphatic heterocycles. The Morgan fingerprint density at radius 3 is 1.29 bits per heavy atom. The van der Waals surface area contributed by atoms with E-state index in [0.717, 1.165) is 4.48 Å². The number of halogens is 1. The Morgan fingerprint density at radius 2 is 1.18 bits per heavy atom. The van der Waals surface area contributed by atoms with E-state index in [1.54, 1.807) is 0 Å². The van der Waals surface area contributed by atoms with Gasteiger partial charge in [0.05, 0.1) is 27.3 Å². The third-order valence-corrected chi connectivity index (χ3v) is 3.27. The molecule has 0 amide bonds. The van der Waals surface area contributed by atoms with Crippen LogP contribution in [0.3, 0.4) is 0 Å². The number of rotatable bonds is 7. The van der Waals surface area contributed by atoms with E-state index in [9.17, 15) is 0 Å². The molecule has 0 aromatic rings. The minimum absolute atomic E-state index is 0. The van der Waals surface area contributed by atoms with Crippen LogP contribution in [0.15, 0.2) is 12.8 Å². The topological polar surface area (TPSA) is 27.7 Å². The number of hydrogen-bond acceptors (Lipinski definition) is 3. The predicted molar refractivity (Wildman–Crippen MR) is 70.3 cm³/mol. The summed E-state index contributed by atoms with van der Waals surface area (Å²) in [5.74, 6) is 0. The summed E-state index contributed by atoms with van der Waals surface area (Å²) in [7, 11) is 4.45. The maximum Gasteiger partial charge on any atom is 0.484 e. The van der Waals surface area contributed by atoms with Crippen molar-refractivity contribution in [2.45, 2.75) is 20.8 Å². The first-order chi connectivity index (χ1) is 7.41. The van der Waals surface area contributed by atoms with Crippen LogP contribution in [0.2, 0.25) is 0 Å². The van der Waals surface area contributed by atoms with Crippen molar-refractivity contribution < 1.29 is 30.2 Å². The monoisotopic (exact) mass is 285 g/mol. The fourth-order valence-corrected chi connectivity index (χ4v) is 1.66. The normalized spacial score (nSPS) is 10.3. The van der Waals surface area contributed by atoms with Gasteiger partial charge >= 0.3 is 9.53 Å². The molecule has 4 nitrogen and oxygen atoms in total. The highest BCUT2D eigenvalue weighted by atomic mass is 35.5. The smallest absolute Gasteiger partial charge is 0.484 e. The highest BCUT2D eigenvalue weighted by Gasteiger charge is 2.11. The standard InChI is InChI=1S/C6H16O3Si.C5H12N.ClH/c1-4-7-10(8-5-2)9-6-3;1-5-6(2,3)4;/h10H,4-6H2,1-3H3;5H,1H2,2-4H3;1H/q;+1;/p-1. The molecule has 0 N–H and O–H groups in total. The summed E-state index contributed by atoms with van der Waals surface area (Å²) in [6, 6.07) is 0. The van der Waals surface area contributed by atoms with E-state index in [0.29, 0.717) is 19.8 Å². The van der Waals surface area contributed by atoms with E-state index in [4.69, 9.17) is 13.3 Å².